The van der Waals surface area contributed by atoms with E-state index in [1.165, 1.54) is 77.5 Å². The second-order valence-electron chi connectivity index (χ2n) is 13.2. The summed E-state index contributed by atoms with van der Waals surface area (Å²) in [4.78, 5) is 0. The average Bonchev–Trinajstić information content (AvgIpc) is 3.51. The molecule has 212 valence electrons. The standard InChI is InChI=1S/C44H30O/c1-43(2)37-25-23-27-12-3-4-13-29(27)41(37)33-24-22-28(26-38(33)43)30-16-11-21-40-42(30)44(36-19-9-10-20-39(36)45-40)34-17-7-5-14-31(34)32-15-6-8-18-35(32)44/h3-26H,1-2H3. The molecule has 1 nitrogen and oxygen atoms in total. The molecular weight excluding hydrogens is 544 g/mol. The van der Waals surface area contributed by atoms with E-state index >= 15 is 0 Å². The third-order valence-corrected chi connectivity index (χ3v) is 10.7. The van der Waals surface area contributed by atoms with Gasteiger partial charge in [-0.05, 0) is 84.6 Å². The monoisotopic (exact) mass is 574 g/mol. The lowest BCUT2D eigenvalue weighted by molar-refractivity contribution is 0.437. The van der Waals surface area contributed by atoms with Gasteiger partial charge in [-0.25, -0.2) is 0 Å². The molecule has 0 unspecified atom stereocenters. The molecule has 0 saturated heterocycles. The van der Waals surface area contributed by atoms with E-state index in [1.807, 2.05) is 0 Å². The normalized spacial score (nSPS) is 15.4. The summed E-state index contributed by atoms with van der Waals surface area (Å²) in [5, 5.41) is 2.62. The highest BCUT2D eigenvalue weighted by Crippen LogP contribution is 2.64. The number of para-hydroxylation sites is 1. The van der Waals surface area contributed by atoms with Crippen molar-refractivity contribution in [1.82, 2.24) is 0 Å². The number of hydrogen-bond donors (Lipinski definition) is 0. The fraction of sp³-hybridized carbons (Fsp3) is 0.0909. The van der Waals surface area contributed by atoms with Crippen LogP contribution in [0.4, 0.5) is 0 Å². The Morgan fingerprint density at radius 1 is 0.444 bits per heavy atom. The van der Waals surface area contributed by atoms with Crippen molar-refractivity contribution in [3.8, 4) is 44.9 Å². The van der Waals surface area contributed by atoms with E-state index in [1.54, 1.807) is 0 Å². The molecular formula is C44H30O. The molecule has 1 aliphatic heterocycles. The maximum Gasteiger partial charge on any atom is 0.132 e. The Hall–Kier alpha value is -5.40. The molecule has 0 radical (unpaired) electrons. The third kappa shape index (κ3) is 3.03. The number of hydrogen-bond acceptors (Lipinski definition) is 1. The molecule has 1 spiro atoms. The molecule has 10 rings (SSSR count). The van der Waals surface area contributed by atoms with Gasteiger partial charge in [0.05, 0.1) is 5.41 Å². The van der Waals surface area contributed by atoms with Crippen LogP contribution in [0.3, 0.4) is 0 Å². The molecule has 45 heavy (non-hydrogen) atoms. The smallest absolute Gasteiger partial charge is 0.132 e. The van der Waals surface area contributed by atoms with E-state index in [2.05, 4.69) is 159 Å². The summed E-state index contributed by atoms with van der Waals surface area (Å²) in [6.45, 7) is 4.75. The molecule has 1 heterocycles. The third-order valence-electron chi connectivity index (χ3n) is 10.7. The van der Waals surface area contributed by atoms with Crippen LogP contribution >= 0.6 is 0 Å². The van der Waals surface area contributed by atoms with Crippen molar-refractivity contribution in [3.05, 3.63) is 179 Å². The first-order valence-electron chi connectivity index (χ1n) is 15.9. The lowest BCUT2D eigenvalue weighted by atomic mass is 9.64. The van der Waals surface area contributed by atoms with Crippen LogP contribution in [-0.2, 0) is 10.8 Å². The van der Waals surface area contributed by atoms with Crippen molar-refractivity contribution in [3.63, 3.8) is 0 Å². The summed E-state index contributed by atoms with van der Waals surface area (Å²) in [6.07, 6.45) is 0. The van der Waals surface area contributed by atoms with Crippen LogP contribution in [0, 0.1) is 0 Å². The zero-order valence-corrected chi connectivity index (χ0v) is 25.3. The predicted octanol–water partition coefficient (Wildman–Crippen LogP) is 11.3. The molecule has 0 fully saturated rings. The van der Waals surface area contributed by atoms with Crippen LogP contribution < -0.4 is 4.74 Å². The van der Waals surface area contributed by atoms with Gasteiger partial charge in [0.15, 0.2) is 0 Å². The second kappa shape index (κ2) is 8.61. The summed E-state index contributed by atoms with van der Waals surface area (Å²) < 4.78 is 6.79. The highest BCUT2D eigenvalue weighted by Gasteiger charge is 2.52. The fourth-order valence-electron chi connectivity index (χ4n) is 8.83. The molecule has 2 aliphatic carbocycles. The molecule has 0 amide bonds. The Labute approximate surface area is 263 Å². The van der Waals surface area contributed by atoms with Crippen LogP contribution in [0.2, 0.25) is 0 Å². The minimum atomic E-state index is -0.498. The molecule has 0 bridgehead atoms. The quantitative estimate of drug-likeness (QED) is 0.189. The summed E-state index contributed by atoms with van der Waals surface area (Å²) in [7, 11) is 0. The Morgan fingerprint density at radius 3 is 1.89 bits per heavy atom. The molecule has 0 N–H and O–H groups in total. The second-order valence-corrected chi connectivity index (χ2v) is 13.2. The van der Waals surface area contributed by atoms with Gasteiger partial charge in [-0.1, -0.05) is 141 Å². The topological polar surface area (TPSA) is 9.23 Å². The zero-order valence-electron chi connectivity index (χ0n) is 25.3. The molecule has 7 aromatic rings. The van der Waals surface area contributed by atoms with E-state index in [0.29, 0.717) is 0 Å². The van der Waals surface area contributed by atoms with Crippen LogP contribution in [0.1, 0.15) is 47.2 Å². The molecule has 7 aromatic carbocycles. The Morgan fingerprint density at radius 2 is 1.09 bits per heavy atom. The number of rotatable bonds is 1. The Balaban J connectivity index is 1.28. The average molecular weight is 575 g/mol. The lowest BCUT2D eigenvalue weighted by Crippen LogP contribution is -2.32. The van der Waals surface area contributed by atoms with Crippen LogP contribution in [-0.4, -0.2) is 0 Å². The number of benzene rings is 7. The van der Waals surface area contributed by atoms with E-state index in [0.717, 1.165) is 11.5 Å². The Kier molecular flexibility index (Phi) is 4.78. The SMILES string of the molecule is CC1(C)c2cc(-c3cccc4c3C3(c5ccccc5O4)c4ccccc4-c4ccccc43)ccc2-c2c1ccc1ccccc21. The van der Waals surface area contributed by atoms with E-state index in [4.69, 9.17) is 4.74 Å². The van der Waals surface area contributed by atoms with Gasteiger partial charge >= 0.3 is 0 Å². The Bertz CT molecular complexity index is 2340. The van der Waals surface area contributed by atoms with Crippen LogP contribution in [0.25, 0.3) is 44.2 Å². The van der Waals surface area contributed by atoms with Gasteiger partial charge in [0.2, 0.25) is 0 Å². The van der Waals surface area contributed by atoms with Gasteiger partial charge in [-0.15, -0.1) is 0 Å². The molecule has 0 saturated carbocycles. The van der Waals surface area contributed by atoms with Gasteiger partial charge < -0.3 is 4.74 Å². The fourth-order valence-corrected chi connectivity index (χ4v) is 8.83. The first kappa shape index (κ1) is 25.0. The molecule has 0 aromatic heterocycles. The van der Waals surface area contributed by atoms with Crippen molar-refractivity contribution in [2.45, 2.75) is 24.7 Å². The number of ether oxygens (including phenoxy) is 1. The maximum absolute atomic E-state index is 6.79. The number of fused-ring (bicyclic) bond motifs is 14. The minimum Gasteiger partial charge on any atom is -0.457 e. The molecule has 1 heteroatoms. The summed E-state index contributed by atoms with van der Waals surface area (Å²) in [6, 6.07) is 53.7. The summed E-state index contributed by atoms with van der Waals surface area (Å²) >= 11 is 0. The predicted molar refractivity (Wildman–Crippen MR) is 184 cm³/mol. The lowest BCUT2D eigenvalue weighted by Gasteiger charge is -2.40. The van der Waals surface area contributed by atoms with Crippen molar-refractivity contribution in [2.75, 3.05) is 0 Å². The summed E-state index contributed by atoms with van der Waals surface area (Å²) in [5.41, 5.74) is 15.0. The molecule has 3 aliphatic rings. The first-order chi connectivity index (χ1) is 22.1. The van der Waals surface area contributed by atoms with Crippen molar-refractivity contribution >= 4 is 10.8 Å². The first-order valence-corrected chi connectivity index (χ1v) is 15.9. The zero-order chi connectivity index (χ0) is 29.9. The maximum atomic E-state index is 6.79. The van der Waals surface area contributed by atoms with E-state index in [9.17, 15) is 0 Å². The highest BCUT2D eigenvalue weighted by atomic mass is 16.5. The minimum absolute atomic E-state index is 0.118. The van der Waals surface area contributed by atoms with Gasteiger partial charge in [-0.2, -0.15) is 0 Å². The largest absolute Gasteiger partial charge is 0.457 e. The summed E-state index contributed by atoms with van der Waals surface area (Å²) in [5.74, 6) is 1.85. The van der Waals surface area contributed by atoms with Crippen molar-refractivity contribution < 1.29 is 4.74 Å². The molecule has 0 atom stereocenters. The van der Waals surface area contributed by atoms with Gasteiger partial charge in [0.1, 0.15) is 11.5 Å². The van der Waals surface area contributed by atoms with Crippen LogP contribution in [0.5, 0.6) is 11.5 Å². The van der Waals surface area contributed by atoms with E-state index in [-0.39, 0.29) is 5.41 Å². The van der Waals surface area contributed by atoms with Crippen molar-refractivity contribution in [2.24, 2.45) is 0 Å². The van der Waals surface area contributed by atoms with Gasteiger partial charge in [0, 0.05) is 16.5 Å². The van der Waals surface area contributed by atoms with Gasteiger partial charge in [-0.3, -0.25) is 0 Å². The van der Waals surface area contributed by atoms with Crippen molar-refractivity contribution in [1.29, 1.82) is 0 Å². The van der Waals surface area contributed by atoms with E-state index < -0.39 is 5.41 Å². The van der Waals surface area contributed by atoms with Gasteiger partial charge in [0.25, 0.3) is 0 Å². The van der Waals surface area contributed by atoms with Crippen LogP contribution in [0.15, 0.2) is 146 Å². The highest BCUT2D eigenvalue weighted by molar-refractivity contribution is 6.03.